The maximum atomic E-state index is 12.4. The highest BCUT2D eigenvalue weighted by Gasteiger charge is 2.33. The zero-order valence-corrected chi connectivity index (χ0v) is 16.9. The lowest BCUT2D eigenvalue weighted by molar-refractivity contribution is -0.111. The van der Waals surface area contributed by atoms with E-state index in [1.807, 2.05) is 30.3 Å². The first-order valence-electron chi connectivity index (χ1n) is 9.24. The smallest absolute Gasteiger partial charge is 0.251 e. The first-order chi connectivity index (χ1) is 12.8. The molecule has 5 heteroatoms. The molecule has 1 aromatic heterocycles. The standard InChI is InChI=1S/C22H26N2O2S/c1-22(2,3)15-10-11-16-17(13-15)27-21(19(16)20(23)26)24-18(25)12-9-14-7-5-4-6-8-14/h4-9,12,15H,10-11,13H2,1-3H3,(H2,23,26)(H,24,25). The molecule has 1 aliphatic rings. The maximum absolute atomic E-state index is 12.4. The minimum atomic E-state index is -0.468. The van der Waals surface area contributed by atoms with E-state index in [2.05, 4.69) is 26.1 Å². The van der Waals surface area contributed by atoms with Crippen LogP contribution in [0.15, 0.2) is 36.4 Å². The molecule has 0 spiro atoms. The summed E-state index contributed by atoms with van der Waals surface area (Å²) in [5, 5.41) is 3.44. The fourth-order valence-corrected chi connectivity index (χ4v) is 4.90. The molecule has 142 valence electrons. The number of carbonyl (C=O) groups excluding carboxylic acids is 2. The summed E-state index contributed by atoms with van der Waals surface area (Å²) in [5.41, 5.74) is 8.32. The molecule has 3 rings (SSSR count). The summed E-state index contributed by atoms with van der Waals surface area (Å²) >= 11 is 1.49. The van der Waals surface area contributed by atoms with E-state index in [0.29, 0.717) is 16.5 Å². The van der Waals surface area contributed by atoms with Crippen molar-refractivity contribution in [2.45, 2.75) is 40.0 Å². The second-order valence-corrected chi connectivity index (χ2v) is 9.22. The van der Waals surface area contributed by atoms with Crippen LogP contribution in [0.1, 0.15) is 53.6 Å². The predicted octanol–water partition coefficient (Wildman–Crippen LogP) is 4.65. The van der Waals surface area contributed by atoms with Crippen molar-refractivity contribution < 1.29 is 9.59 Å². The summed E-state index contributed by atoms with van der Waals surface area (Å²) in [5.74, 6) is -0.165. The second-order valence-electron chi connectivity index (χ2n) is 8.11. The fourth-order valence-electron chi connectivity index (χ4n) is 3.56. The summed E-state index contributed by atoms with van der Waals surface area (Å²) in [6.07, 6.45) is 6.04. The molecule has 0 fully saturated rings. The Bertz CT molecular complexity index is 876. The summed E-state index contributed by atoms with van der Waals surface area (Å²) in [6.45, 7) is 6.76. The largest absolute Gasteiger partial charge is 0.365 e. The van der Waals surface area contributed by atoms with Crippen LogP contribution in [0, 0.1) is 11.3 Å². The number of thiophene rings is 1. The van der Waals surface area contributed by atoms with Gasteiger partial charge in [-0.05, 0) is 47.8 Å². The molecular weight excluding hydrogens is 356 g/mol. The van der Waals surface area contributed by atoms with Gasteiger partial charge in [-0.1, -0.05) is 51.1 Å². The topological polar surface area (TPSA) is 72.2 Å². The Kier molecular flexibility index (Phi) is 5.51. The van der Waals surface area contributed by atoms with E-state index >= 15 is 0 Å². The highest BCUT2D eigenvalue weighted by molar-refractivity contribution is 7.17. The molecule has 2 amide bonds. The Morgan fingerprint density at radius 3 is 2.56 bits per heavy atom. The first kappa shape index (κ1) is 19.4. The van der Waals surface area contributed by atoms with Crippen molar-refractivity contribution in [1.82, 2.24) is 0 Å². The first-order valence-corrected chi connectivity index (χ1v) is 10.1. The molecule has 0 saturated heterocycles. The van der Waals surface area contributed by atoms with Gasteiger partial charge in [0.05, 0.1) is 5.56 Å². The van der Waals surface area contributed by atoms with Gasteiger partial charge in [0.25, 0.3) is 5.91 Å². The van der Waals surface area contributed by atoms with Crippen LogP contribution in [-0.2, 0) is 17.6 Å². The van der Waals surface area contributed by atoms with Crippen LogP contribution < -0.4 is 11.1 Å². The summed E-state index contributed by atoms with van der Waals surface area (Å²) < 4.78 is 0. The van der Waals surface area contributed by atoms with Crippen LogP contribution in [0.25, 0.3) is 6.08 Å². The van der Waals surface area contributed by atoms with Gasteiger partial charge >= 0.3 is 0 Å². The number of fused-ring (bicyclic) bond motifs is 1. The monoisotopic (exact) mass is 382 g/mol. The van der Waals surface area contributed by atoms with Crippen molar-refractivity contribution in [3.8, 4) is 0 Å². The van der Waals surface area contributed by atoms with E-state index in [-0.39, 0.29) is 11.3 Å². The van der Waals surface area contributed by atoms with Crippen LogP contribution in [0.2, 0.25) is 0 Å². The number of amides is 2. The van der Waals surface area contributed by atoms with Gasteiger partial charge in [0.1, 0.15) is 5.00 Å². The van der Waals surface area contributed by atoms with Crippen LogP contribution in [0.5, 0.6) is 0 Å². The Balaban J connectivity index is 1.82. The quantitative estimate of drug-likeness (QED) is 0.756. The molecule has 4 nitrogen and oxygen atoms in total. The predicted molar refractivity (Wildman–Crippen MR) is 112 cm³/mol. The molecular formula is C22H26N2O2S. The van der Waals surface area contributed by atoms with Gasteiger partial charge in [0.15, 0.2) is 0 Å². The van der Waals surface area contributed by atoms with Crippen molar-refractivity contribution in [1.29, 1.82) is 0 Å². The van der Waals surface area contributed by atoms with E-state index in [1.165, 1.54) is 22.3 Å². The van der Waals surface area contributed by atoms with Gasteiger partial charge in [0, 0.05) is 11.0 Å². The van der Waals surface area contributed by atoms with Gasteiger partial charge in [-0.25, -0.2) is 0 Å². The molecule has 1 aromatic carbocycles. The van der Waals surface area contributed by atoms with Gasteiger partial charge in [0.2, 0.25) is 5.91 Å². The molecule has 1 heterocycles. The highest BCUT2D eigenvalue weighted by Crippen LogP contribution is 2.44. The lowest BCUT2D eigenvalue weighted by Gasteiger charge is -2.33. The van der Waals surface area contributed by atoms with E-state index in [0.717, 1.165) is 30.4 Å². The molecule has 0 aliphatic heterocycles. The number of hydrogen-bond acceptors (Lipinski definition) is 3. The van der Waals surface area contributed by atoms with E-state index in [4.69, 9.17) is 5.73 Å². The van der Waals surface area contributed by atoms with Crippen LogP contribution >= 0.6 is 11.3 Å². The molecule has 0 bridgehead atoms. The zero-order chi connectivity index (χ0) is 19.6. The minimum Gasteiger partial charge on any atom is -0.365 e. The van der Waals surface area contributed by atoms with Crippen LogP contribution in [-0.4, -0.2) is 11.8 Å². The lowest BCUT2D eigenvalue weighted by atomic mass is 9.72. The number of benzene rings is 1. The summed E-state index contributed by atoms with van der Waals surface area (Å²) in [7, 11) is 0. The van der Waals surface area contributed by atoms with Crippen molar-refractivity contribution in [3.05, 3.63) is 58.0 Å². The van der Waals surface area contributed by atoms with Crippen molar-refractivity contribution in [3.63, 3.8) is 0 Å². The van der Waals surface area contributed by atoms with Gasteiger partial charge in [-0.2, -0.15) is 0 Å². The molecule has 27 heavy (non-hydrogen) atoms. The maximum Gasteiger partial charge on any atom is 0.251 e. The average molecular weight is 383 g/mol. The second kappa shape index (κ2) is 7.69. The van der Waals surface area contributed by atoms with Gasteiger partial charge in [-0.15, -0.1) is 11.3 Å². The summed E-state index contributed by atoms with van der Waals surface area (Å²) in [6, 6.07) is 9.62. The third-order valence-corrected chi connectivity index (χ3v) is 6.37. The third kappa shape index (κ3) is 4.48. The Hall–Kier alpha value is -2.40. The van der Waals surface area contributed by atoms with E-state index in [1.54, 1.807) is 6.08 Å². The molecule has 1 aliphatic carbocycles. The zero-order valence-electron chi connectivity index (χ0n) is 16.0. The SMILES string of the molecule is CC(C)(C)C1CCc2c(sc(NC(=O)C=Cc3ccccc3)c2C(N)=O)C1. The Labute approximate surface area is 164 Å². The van der Waals surface area contributed by atoms with Crippen molar-refractivity contribution >= 4 is 34.2 Å². The number of hydrogen-bond donors (Lipinski definition) is 2. The number of nitrogens with one attached hydrogen (secondary N) is 1. The van der Waals surface area contributed by atoms with Gasteiger partial charge < -0.3 is 11.1 Å². The fraction of sp³-hybridized carbons (Fsp3) is 0.364. The molecule has 2 aromatic rings. The van der Waals surface area contributed by atoms with Crippen LogP contribution in [0.3, 0.4) is 0 Å². The van der Waals surface area contributed by atoms with E-state index < -0.39 is 5.91 Å². The number of primary amides is 1. The molecule has 3 N–H and O–H groups in total. The highest BCUT2D eigenvalue weighted by atomic mass is 32.1. The molecule has 0 radical (unpaired) electrons. The van der Waals surface area contributed by atoms with Crippen molar-refractivity contribution in [2.75, 3.05) is 5.32 Å². The summed E-state index contributed by atoms with van der Waals surface area (Å²) in [4.78, 5) is 25.6. The minimum absolute atomic E-state index is 0.219. The average Bonchev–Trinajstić information content (AvgIpc) is 2.97. The molecule has 0 saturated carbocycles. The number of nitrogens with two attached hydrogens (primary N) is 1. The lowest BCUT2D eigenvalue weighted by Crippen LogP contribution is -2.27. The van der Waals surface area contributed by atoms with Gasteiger partial charge in [-0.3, -0.25) is 9.59 Å². The third-order valence-electron chi connectivity index (χ3n) is 5.20. The number of anilines is 1. The Morgan fingerprint density at radius 2 is 1.93 bits per heavy atom. The molecule has 1 atom stereocenters. The van der Waals surface area contributed by atoms with Crippen molar-refractivity contribution in [2.24, 2.45) is 17.1 Å². The number of carbonyl (C=O) groups is 2. The van der Waals surface area contributed by atoms with Crippen LogP contribution in [0.4, 0.5) is 5.00 Å². The Morgan fingerprint density at radius 1 is 1.22 bits per heavy atom. The normalized spacial score (nSPS) is 16.9. The molecule has 1 unspecified atom stereocenters. The number of rotatable bonds is 4. The van der Waals surface area contributed by atoms with E-state index in [9.17, 15) is 9.59 Å².